The molecule has 1 aromatic carbocycles. The van der Waals surface area contributed by atoms with Crippen LogP contribution in [0.1, 0.15) is 5.82 Å². The summed E-state index contributed by atoms with van der Waals surface area (Å²) in [5.41, 5.74) is 2.05. The first-order valence-corrected chi connectivity index (χ1v) is 5.89. The molecule has 0 unspecified atom stereocenters. The highest BCUT2D eigenvalue weighted by molar-refractivity contribution is 5.85. The molecule has 17 heavy (non-hydrogen) atoms. The van der Waals surface area contributed by atoms with Crippen LogP contribution < -0.4 is 5.32 Å². The van der Waals surface area contributed by atoms with Crippen molar-refractivity contribution in [3.8, 4) is 0 Å². The van der Waals surface area contributed by atoms with Gasteiger partial charge in [-0.25, -0.2) is 4.98 Å². The highest BCUT2D eigenvalue weighted by Crippen LogP contribution is 2.16. The van der Waals surface area contributed by atoms with Crippen molar-refractivity contribution in [3.63, 3.8) is 0 Å². The third kappa shape index (κ3) is 1.74. The van der Waals surface area contributed by atoms with E-state index in [-0.39, 0.29) is 5.92 Å². The summed E-state index contributed by atoms with van der Waals surface area (Å²) in [5, 5.41) is 3.12. The van der Waals surface area contributed by atoms with Crippen LogP contribution >= 0.6 is 0 Å². The minimum absolute atomic E-state index is 0.190. The van der Waals surface area contributed by atoms with E-state index in [1.165, 1.54) is 0 Å². The summed E-state index contributed by atoms with van der Waals surface area (Å²) in [6.45, 7) is 1.64. The van der Waals surface area contributed by atoms with Crippen LogP contribution in [0.3, 0.4) is 0 Å². The Bertz CT molecular complexity index is 569. The number of ketones is 1. The second kappa shape index (κ2) is 3.96. The number of fused-ring (bicyclic) bond motifs is 1. The number of aryl methyl sites for hydroxylation is 1. The van der Waals surface area contributed by atoms with Gasteiger partial charge in [-0.1, -0.05) is 12.1 Å². The molecular weight excluding hydrogens is 214 g/mol. The van der Waals surface area contributed by atoms with E-state index in [1.54, 1.807) is 0 Å². The van der Waals surface area contributed by atoms with Crippen molar-refractivity contribution >= 4 is 16.8 Å². The van der Waals surface area contributed by atoms with Gasteiger partial charge in [0.25, 0.3) is 0 Å². The van der Waals surface area contributed by atoms with Gasteiger partial charge in [-0.15, -0.1) is 0 Å². The maximum Gasteiger partial charge on any atom is 0.146 e. The Hall–Kier alpha value is -1.68. The minimum Gasteiger partial charge on any atom is -0.331 e. The van der Waals surface area contributed by atoms with Crippen molar-refractivity contribution in [2.24, 2.45) is 13.0 Å². The number of benzene rings is 1. The molecule has 0 aliphatic carbocycles. The van der Waals surface area contributed by atoms with E-state index in [9.17, 15) is 4.79 Å². The molecule has 0 bridgehead atoms. The number of rotatable bonds is 3. The minimum atomic E-state index is 0.190. The van der Waals surface area contributed by atoms with Crippen LogP contribution in [0.5, 0.6) is 0 Å². The van der Waals surface area contributed by atoms with Gasteiger partial charge in [0.2, 0.25) is 0 Å². The Kier molecular flexibility index (Phi) is 2.44. The highest BCUT2D eigenvalue weighted by atomic mass is 16.1. The third-order valence-corrected chi connectivity index (χ3v) is 3.45. The lowest BCUT2D eigenvalue weighted by Gasteiger charge is -2.25. The van der Waals surface area contributed by atoms with Crippen LogP contribution in [0.4, 0.5) is 0 Å². The first-order valence-electron chi connectivity index (χ1n) is 5.89. The van der Waals surface area contributed by atoms with Gasteiger partial charge in [0, 0.05) is 26.1 Å². The van der Waals surface area contributed by atoms with Crippen LogP contribution in [0, 0.1) is 5.92 Å². The van der Waals surface area contributed by atoms with Gasteiger partial charge in [-0.3, -0.25) is 4.79 Å². The number of para-hydroxylation sites is 2. The molecule has 88 valence electrons. The topological polar surface area (TPSA) is 46.9 Å². The van der Waals surface area contributed by atoms with Crippen molar-refractivity contribution < 1.29 is 4.79 Å². The maximum atomic E-state index is 11.9. The van der Waals surface area contributed by atoms with E-state index in [4.69, 9.17) is 0 Å². The van der Waals surface area contributed by atoms with E-state index < -0.39 is 0 Å². The lowest BCUT2D eigenvalue weighted by molar-refractivity contribution is -0.123. The molecule has 4 heteroatoms. The molecule has 2 aromatic rings. The van der Waals surface area contributed by atoms with Gasteiger partial charge in [-0.2, -0.15) is 0 Å². The van der Waals surface area contributed by atoms with Crippen molar-refractivity contribution in [1.29, 1.82) is 0 Å². The Morgan fingerprint density at radius 2 is 2.24 bits per heavy atom. The first kappa shape index (κ1) is 10.5. The molecule has 0 spiro atoms. The van der Waals surface area contributed by atoms with Gasteiger partial charge in [0.05, 0.1) is 17.5 Å². The highest BCUT2D eigenvalue weighted by Gasteiger charge is 2.25. The molecule has 4 nitrogen and oxygen atoms in total. The lowest BCUT2D eigenvalue weighted by Crippen LogP contribution is -2.47. The molecule has 1 aliphatic rings. The fourth-order valence-electron chi connectivity index (χ4n) is 2.17. The van der Waals surface area contributed by atoms with Crippen molar-refractivity contribution in [1.82, 2.24) is 14.9 Å². The lowest BCUT2D eigenvalue weighted by atomic mass is 9.96. The van der Waals surface area contributed by atoms with E-state index in [0.29, 0.717) is 12.2 Å². The number of hydrogen-bond acceptors (Lipinski definition) is 3. The molecule has 2 heterocycles. The molecule has 0 atom stereocenters. The summed E-state index contributed by atoms with van der Waals surface area (Å²) in [7, 11) is 1.97. The summed E-state index contributed by atoms with van der Waals surface area (Å²) in [5.74, 6) is 1.35. The molecule has 1 saturated heterocycles. The van der Waals surface area contributed by atoms with E-state index in [2.05, 4.69) is 10.3 Å². The van der Waals surface area contributed by atoms with Crippen LogP contribution in [0.2, 0.25) is 0 Å². The van der Waals surface area contributed by atoms with Crippen LogP contribution in [-0.2, 0) is 18.3 Å². The number of hydrogen-bond donors (Lipinski definition) is 1. The van der Waals surface area contributed by atoms with Crippen molar-refractivity contribution in [2.45, 2.75) is 6.42 Å². The number of imidazole rings is 1. The summed E-state index contributed by atoms with van der Waals surface area (Å²) in [6, 6.07) is 7.97. The summed E-state index contributed by atoms with van der Waals surface area (Å²) < 4.78 is 2.01. The van der Waals surface area contributed by atoms with Crippen molar-refractivity contribution in [3.05, 3.63) is 30.1 Å². The summed E-state index contributed by atoms with van der Waals surface area (Å²) in [6.07, 6.45) is 0.442. The maximum absolute atomic E-state index is 11.9. The third-order valence-electron chi connectivity index (χ3n) is 3.45. The number of Topliss-reactive ketones (excluding diaryl/α,β-unsaturated/α-hetero) is 1. The van der Waals surface area contributed by atoms with Crippen LogP contribution in [0.25, 0.3) is 11.0 Å². The van der Waals surface area contributed by atoms with Gasteiger partial charge >= 0.3 is 0 Å². The average Bonchev–Trinajstić information content (AvgIpc) is 2.54. The SMILES string of the molecule is Cn1c(CC(=O)C2CNC2)nc2ccccc21. The van der Waals surface area contributed by atoms with Gasteiger partial charge in [0.15, 0.2) is 0 Å². The number of nitrogens with zero attached hydrogens (tertiary/aromatic N) is 2. The Morgan fingerprint density at radius 3 is 2.88 bits per heavy atom. The summed E-state index contributed by atoms with van der Waals surface area (Å²) in [4.78, 5) is 16.4. The monoisotopic (exact) mass is 229 g/mol. The number of aromatic nitrogens is 2. The fraction of sp³-hybridized carbons (Fsp3) is 0.385. The van der Waals surface area contributed by atoms with Crippen LogP contribution in [-0.4, -0.2) is 28.4 Å². The average molecular weight is 229 g/mol. The Balaban J connectivity index is 1.89. The molecule has 1 aromatic heterocycles. The normalized spacial score (nSPS) is 16.1. The zero-order valence-corrected chi connectivity index (χ0v) is 9.81. The number of nitrogens with one attached hydrogen (secondary N) is 1. The molecule has 1 aliphatic heterocycles. The first-order chi connectivity index (χ1) is 8.25. The Labute approximate surface area is 99.6 Å². The summed E-state index contributed by atoms with van der Waals surface area (Å²) >= 11 is 0. The Morgan fingerprint density at radius 1 is 1.47 bits per heavy atom. The molecule has 1 N–H and O–H groups in total. The molecule has 0 amide bonds. The van der Waals surface area contributed by atoms with Crippen LogP contribution in [0.15, 0.2) is 24.3 Å². The van der Waals surface area contributed by atoms with E-state index in [1.807, 2.05) is 35.9 Å². The van der Waals surface area contributed by atoms with Crippen molar-refractivity contribution in [2.75, 3.05) is 13.1 Å². The zero-order chi connectivity index (χ0) is 11.8. The molecular formula is C13H15N3O. The molecule has 0 saturated carbocycles. The second-order valence-electron chi connectivity index (χ2n) is 4.57. The number of carbonyl (C=O) groups excluding carboxylic acids is 1. The molecule has 0 radical (unpaired) electrons. The quantitative estimate of drug-likeness (QED) is 0.850. The predicted molar refractivity (Wildman–Crippen MR) is 65.8 cm³/mol. The largest absolute Gasteiger partial charge is 0.331 e. The van der Waals surface area contributed by atoms with E-state index in [0.717, 1.165) is 29.9 Å². The predicted octanol–water partition coefficient (Wildman–Crippen LogP) is 0.904. The smallest absolute Gasteiger partial charge is 0.146 e. The molecule has 1 fully saturated rings. The fourth-order valence-corrected chi connectivity index (χ4v) is 2.17. The molecule has 3 rings (SSSR count). The van der Waals surface area contributed by atoms with Gasteiger partial charge < -0.3 is 9.88 Å². The zero-order valence-electron chi connectivity index (χ0n) is 9.81. The van der Waals surface area contributed by atoms with E-state index >= 15 is 0 Å². The van der Waals surface area contributed by atoms with Gasteiger partial charge in [0.1, 0.15) is 11.6 Å². The van der Waals surface area contributed by atoms with Gasteiger partial charge in [-0.05, 0) is 12.1 Å². The number of carbonyl (C=O) groups is 1. The standard InChI is InChI=1S/C13H15N3O/c1-16-11-5-3-2-4-10(11)15-13(16)6-12(17)9-7-14-8-9/h2-5,9,14H,6-8H2,1H3. The second-order valence-corrected chi connectivity index (χ2v) is 4.57.